The summed E-state index contributed by atoms with van der Waals surface area (Å²) in [6.07, 6.45) is 0.757. The fourth-order valence-corrected chi connectivity index (χ4v) is 2.82. The monoisotopic (exact) mass is 334 g/mol. The SMILES string of the molecule is O=C(NCCc1ccc(CO)cc1)NCc1cccc2ccccc12. The van der Waals surface area contributed by atoms with Gasteiger partial charge in [0.25, 0.3) is 0 Å². The van der Waals surface area contributed by atoms with Gasteiger partial charge in [0.2, 0.25) is 0 Å². The van der Waals surface area contributed by atoms with Crippen LogP contribution in [0.15, 0.2) is 66.7 Å². The van der Waals surface area contributed by atoms with Gasteiger partial charge in [0, 0.05) is 13.1 Å². The van der Waals surface area contributed by atoms with Crippen molar-refractivity contribution in [3.8, 4) is 0 Å². The van der Waals surface area contributed by atoms with Crippen molar-refractivity contribution in [3.05, 3.63) is 83.4 Å². The van der Waals surface area contributed by atoms with Crippen LogP contribution in [0.5, 0.6) is 0 Å². The lowest BCUT2D eigenvalue weighted by Gasteiger charge is -2.10. The molecule has 3 aromatic rings. The van der Waals surface area contributed by atoms with Crippen molar-refractivity contribution in [2.75, 3.05) is 6.54 Å². The van der Waals surface area contributed by atoms with Gasteiger partial charge in [-0.05, 0) is 33.9 Å². The van der Waals surface area contributed by atoms with Gasteiger partial charge in [-0.2, -0.15) is 0 Å². The number of carbonyl (C=O) groups is 1. The van der Waals surface area contributed by atoms with Crippen LogP contribution < -0.4 is 10.6 Å². The fraction of sp³-hybridized carbons (Fsp3) is 0.190. The van der Waals surface area contributed by atoms with E-state index in [9.17, 15) is 4.79 Å². The molecular formula is C21H22N2O2. The van der Waals surface area contributed by atoms with Gasteiger partial charge in [-0.15, -0.1) is 0 Å². The minimum absolute atomic E-state index is 0.0507. The Labute approximate surface area is 147 Å². The van der Waals surface area contributed by atoms with E-state index in [0.717, 1.165) is 28.5 Å². The molecule has 3 aromatic carbocycles. The molecule has 3 rings (SSSR count). The number of amides is 2. The normalized spacial score (nSPS) is 10.6. The highest BCUT2D eigenvalue weighted by Crippen LogP contribution is 2.18. The molecule has 0 saturated carbocycles. The quantitative estimate of drug-likeness (QED) is 0.647. The summed E-state index contributed by atoms with van der Waals surface area (Å²) in [5.74, 6) is 0. The lowest BCUT2D eigenvalue weighted by Crippen LogP contribution is -2.36. The van der Waals surface area contributed by atoms with E-state index in [4.69, 9.17) is 5.11 Å². The maximum Gasteiger partial charge on any atom is 0.315 e. The lowest BCUT2D eigenvalue weighted by molar-refractivity contribution is 0.240. The zero-order valence-electron chi connectivity index (χ0n) is 14.0. The summed E-state index contributed by atoms with van der Waals surface area (Å²) in [6.45, 7) is 1.12. The van der Waals surface area contributed by atoms with E-state index >= 15 is 0 Å². The number of hydrogen-bond acceptors (Lipinski definition) is 2. The third kappa shape index (κ3) is 4.58. The number of carbonyl (C=O) groups excluding carboxylic acids is 1. The molecule has 4 heteroatoms. The fourth-order valence-electron chi connectivity index (χ4n) is 2.82. The van der Waals surface area contributed by atoms with E-state index in [0.29, 0.717) is 13.1 Å². The topological polar surface area (TPSA) is 61.4 Å². The zero-order chi connectivity index (χ0) is 17.5. The molecule has 0 aromatic heterocycles. The van der Waals surface area contributed by atoms with Crippen molar-refractivity contribution >= 4 is 16.8 Å². The van der Waals surface area contributed by atoms with Gasteiger partial charge in [0.05, 0.1) is 6.61 Å². The average molecular weight is 334 g/mol. The third-order valence-electron chi connectivity index (χ3n) is 4.22. The molecular weight excluding hydrogens is 312 g/mol. The number of rotatable bonds is 6. The average Bonchev–Trinajstić information content (AvgIpc) is 2.67. The van der Waals surface area contributed by atoms with Crippen molar-refractivity contribution < 1.29 is 9.90 Å². The van der Waals surface area contributed by atoms with Crippen molar-refractivity contribution in [1.82, 2.24) is 10.6 Å². The van der Waals surface area contributed by atoms with Crippen LogP contribution in [0.3, 0.4) is 0 Å². The Kier molecular flexibility index (Phi) is 5.65. The molecule has 128 valence electrons. The first-order valence-electron chi connectivity index (χ1n) is 8.43. The van der Waals surface area contributed by atoms with Gasteiger partial charge >= 0.3 is 6.03 Å². The summed E-state index contributed by atoms with van der Waals surface area (Å²) in [5, 5.41) is 17.2. The summed E-state index contributed by atoms with van der Waals surface area (Å²) in [5.41, 5.74) is 3.13. The standard InChI is InChI=1S/C21H22N2O2/c24-15-17-10-8-16(9-11-17)12-13-22-21(25)23-14-19-6-3-5-18-4-1-2-7-20(18)19/h1-11,24H,12-15H2,(H2,22,23,25). The van der Waals surface area contributed by atoms with E-state index in [1.807, 2.05) is 48.5 Å². The first-order chi connectivity index (χ1) is 12.3. The van der Waals surface area contributed by atoms with Crippen molar-refractivity contribution in [2.45, 2.75) is 19.6 Å². The molecule has 3 N–H and O–H groups in total. The Morgan fingerprint density at radius 2 is 1.56 bits per heavy atom. The molecule has 0 fully saturated rings. The van der Waals surface area contributed by atoms with E-state index in [2.05, 4.69) is 28.8 Å². The second-order valence-electron chi connectivity index (χ2n) is 5.97. The summed E-state index contributed by atoms with van der Waals surface area (Å²) in [6, 6.07) is 21.8. The van der Waals surface area contributed by atoms with Gasteiger partial charge < -0.3 is 15.7 Å². The predicted octanol–water partition coefficient (Wildman–Crippen LogP) is 3.37. The molecule has 0 aliphatic heterocycles. The molecule has 0 heterocycles. The molecule has 0 spiro atoms. The number of fused-ring (bicyclic) bond motifs is 1. The van der Waals surface area contributed by atoms with Gasteiger partial charge in [-0.25, -0.2) is 4.79 Å². The summed E-state index contributed by atoms with van der Waals surface area (Å²) in [7, 11) is 0. The maximum atomic E-state index is 12.0. The number of urea groups is 1. The number of aliphatic hydroxyl groups excluding tert-OH is 1. The van der Waals surface area contributed by atoms with Crippen LogP contribution >= 0.6 is 0 Å². The highest BCUT2D eigenvalue weighted by Gasteiger charge is 2.03. The predicted molar refractivity (Wildman–Crippen MR) is 100 cm³/mol. The van der Waals surface area contributed by atoms with Crippen molar-refractivity contribution in [2.24, 2.45) is 0 Å². The molecule has 2 amide bonds. The second kappa shape index (κ2) is 8.31. The van der Waals surface area contributed by atoms with Crippen LogP contribution in [0.2, 0.25) is 0 Å². The summed E-state index contributed by atoms with van der Waals surface area (Å²) >= 11 is 0. The highest BCUT2D eigenvalue weighted by molar-refractivity contribution is 5.86. The number of nitrogens with one attached hydrogen (secondary N) is 2. The van der Waals surface area contributed by atoms with E-state index < -0.39 is 0 Å². The summed E-state index contributed by atoms with van der Waals surface area (Å²) < 4.78 is 0. The first-order valence-corrected chi connectivity index (χ1v) is 8.43. The third-order valence-corrected chi connectivity index (χ3v) is 4.22. The van der Waals surface area contributed by atoms with Crippen LogP contribution in [0.25, 0.3) is 10.8 Å². The van der Waals surface area contributed by atoms with Crippen LogP contribution in [0.4, 0.5) is 4.79 Å². The van der Waals surface area contributed by atoms with Crippen LogP contribution in [0, 0.1) is 0 Å². The Morgan fingerprint density at radius 1 is 0.840 bits per heavy atom. The second-order valence-corrected chi connectivity index (χ2v) is 5.97. The lowest BCUT2D eigenvalue weighted by atomic mass is 10.0. The molecule has 0 aliphatic rings. The van der Waals surface area contributed by atoms with E-state index in [-0.39, 0.29) is 12.6 Å². The number of aliphatic hydroxyl groups is 1. The Morgan fingerprint density at radius 3 is 2.36 bits per heavy atom. The van der Waals surface area contributed by atoms with Crippen LogP contribution in [-0.2, 0) is 19.6 Å². The van der Waals surface area contributed by atoms with E-state index in [1.165, 1.54) is 5.39 Å². The highest BCUT2D eigenvalue weighted by atomic mass is 16.3. The largest absolute Gasteiger partial charge is 0.392 e. The molecule has 25 heavy (non-hydrogen) atoms. The smallest absolute Gasteiger partial charge is 0.315 e. The molecule has 0 atom stereocenters. The number of benzene rings is 3. The Bertz CT molecular complexity index is 839. The molecule has 0 radical (unpaired) electrons. The minimum Gasteiger partial charge on any atom is -0.392 e. The molecule has 4 nitrogen and oxygen atoms in total. The van der Waals surface area contributed by atoms with Gasteiger partial charge in [-0.1, -0.05) is 66.7 Å². The first kappa shape index (κ1) is 17.0. The zero-order valence-corrected chi connectivity index (χ0v) is 14.0. The van der Waals surface area contributed by atoms with Crippen molar-refractivity contribution in [3.63, 3.8) is 0 Å². The molecule has 0 aliphatic carbocycles. The van der Waals surface area contributed by atoms with Gasteiger partial charge in [0.1, 0.15) is 0 Å². The van der Waals surface area contributed by atoms with Crippen LogP contribution in [-0.4, -0.2) is 17.7 Å². The van der Waals surface area contributed by atoms with Crippen LogP contribution in [0.1, 0.15) is 16.7 Å². The molecule has 0 bridgehead atoms. The molecule has 0 saturated heterocycles. The minimum atomic E-state index is -0.167. The van der Waals surface area contributed by atoms with Crippen molar-refractivity contribution in [1.29, 1.82) is 0 Å². The van der Waals surface area contributed by atoms with E-state index in [1.54, 1.807) is 0 Å². The maximum absolute atomic E-state index is 12.0. The van der Waals surface area contributed by atoms with Gasteiger partial charge in [0.15, 0.2) is 0 Å². The molecule has 0 unspecified atom stereocenters. The van der Waals surface area contributed by atoms with Gasteiger partial charge in [-0.3, -0.25) is 0 Å². The summed E-state index contributed by atoms with van der Waals surface area (Å²) in [4.78, 5) is 12.0. The number of hydrogen-bond donors (Lipinski definition) is 3. The Hall–Kier alpha value is -2.85. The Balaban J connectivity index is 1.47.